The predicted octanol–water partition coefficient (Wildman–Crippen LogP) is 3.48. The molecule has 1 aliphatic carbocycles. The van der Waals surface area contributed by atoms with Gasteiger partial charge in [0.2, 0.25) is 0 Å². The maximum absolute atomic E-state index is 12.8. The fourth-order valence-electron chi connectivity index (χ4n) is 3.46. The minimum absolute atomic E-state index is 0.0488. The highest BCUT2D eigenvalue weighted by Gasteiger charge is 2.37. The largest absolute Gasteiger partial charge is 0.333 e. The number of benzene rings is 1. The van der Waals surface area contributed by atoms with Crippen molar-refractivity contribution in [3.8, 4) is 0 Å². The van der Waals surface area contributed by atoms with Crippen LogP contribution in [0.2, 0.25) is 0 Å². The van der Waals surface area contributed by atoms with Gasteiger partial charge in [0.05, 0.1) is 12.6 Å². The van der Waals surface area contributed by atoms with E-state index in [2.05, 4.69) is 40.5 Å². The molecule has 1 unspecified atom stereocenters. The third-order valence-corrected chi connectivity index (χ3v) is 5.79. The SMILES string of the molecule is O=C(NCc1cccs1)N1CCN(C2CC2)CC1c1ccccc1. The van der Waals surface area contributed by atoms with Crippen LogP contribution in [-0.4, -0.2) is 41.5 Å². The van der Waals surface area contributed by atoms with Crippen molar-refractivity contribution in [2.45, 2.75) is 31.5 Å². The number of hydrogen-bond acceptors (Lipinski definition) is 3. The molecule has 4 nitrogen and oxygen atoms in total. The molecule has 2 fully saturated rings. The third kappa shape index (κ3) is 3.47. The second kappa shape index (κ2) is 6.95. The Hall–Kier alpha value is -1.85. The van der Waals surface area contributed by atoms with E-state index in [0.717, 1.165) is 25.7 Å². The molecule has 0 spiro atoms. The number of hydrogen-bond donors (Lipinski definition) is 1. The molecule has 2 aliphatic rings. The highest BCUT2D eigenvalue weighted by molar-refractivity contribution is 7.09. The van der Waals surface area contributed by atoms with Gasteiger partial charge in [-0.2, -0.15) is 0 Å². The number of piperazine rings is 1. The second-order valence-electron chi connectivity index (χ2n) is 6.58. The molecule has 1 N–H and O–H groups in total. The maximum Gasteiger partial charge on any atom is 0.318 e. The van der Waals surface area contributed by atoms with Crippen LogP contribution in [0.15, 0.2) is 47.8 Å². The van der Waals surface area contributed by atoms with Crippen molar-refractivity contribution in [1.82, 2.24) is 15.1 Å². The van der Waals surface area contributed by atoms with E-state index in [0.29, 0.717) is 6.54 Å². The summed E-state index contributed by atoms with van der Waals surface area (Å²) in [4.78, 5) is 18.5. The molecule has 2 aromatic rings. The minimum Gasteiger partial charge on any atom is -0.333 e. The zero-order chi connectivity index (χ0) is 16.4. The Morgan fingerprint density at radius 1 is 1.12 bits per heavy atom. The molecule has 126 valence electrons. The van der Waals surface area contributed by atoms with E-state index >= 15 is 0 Å². The summed E-state index contributed by atoms with van der Waals surface area (Å²) in [5.41, 5.74) is 1.23. The fraction of sp³-hybridized carbons (Fsp3) is 0.421. The Bertz CT molecular complexity index is 669. The van der Waals surface area contributed by atoms with Crippen LogP contribution in [0.5, 0.6) is 0 Å². The topological polar surface area (TPSA) is 35.6 Å². The summed E-state index contributed by atoms with van der Waals surface area (Å²) in [7, 11) is 0. The van der Waals surface area contributed by atoms with Gasteiger partial charge in [-0.05, 0) is 29.9 Å². The predicted molar refractivity (Wildman–Crippen MR) is 97.0 cm³/mol. The first-order chi connectivity index (χ1) is 11.8. The Labute approximate surface area is 147 Å². The number of amides is 2. The number of urea groups is 1. The normalized spacial score (nSPS) is 21.7. The molecule has 1 saturated carbocycles. The second-order valence-corrected chi connectivity index (χ2v) is 7.62. The van der Waals surface area contributed by atoms with Crippen molar-refractivity contribution in [2.75, 3.05) is 19.6 Å². The van der Waals surface area contributed by atoms with Gasteiger partial charge in [0, 0.05) is 30.6 Å². The maximum atomic E-state index is 12.8. The molecular formula is C19H23N3OS. The summed E-state index contributed by atoms with van der Waals surface area (Å²) >= 11 is 1.68. The lowest BCUT2D eigenvalue weighted by atomic mass is 10.0. The van der Waals surface area contributed by atoms with Gasteiger partial charge in [-0.25, -0.2) is 4.79 Å². The highest BCUT2D eigenvalue weighted by Crippen LogP contribution is 2.33. The summed E-state index contributed by atoms with van der Waals surface area (Å²) in [6.07, 6.45) is 2.62. The van der Waals surface area contributed by atoms with Crippen LogP contribution in [0.3, 0.4) is 0 Å². The molecule has 1 saturated heterocycles. The van der Waals surface area contributed by atoms with Crippen LogP contribution in [0, 0.1) is 0 Å². The lowest BCUT2D eigenvalue weighted by Gasteiger charge is -2.41. The van der Waals surface area contributed by atoms with Crippen LogP contribution in [-0.2, 0) is 6.54 Å². The average molecular weight is 341 g/mol. The van der Waals surface area contributed by atoms with Gasteiger partial charge in [0.1, 0.15) is 0 Å². The number of carbonyl (C=O) groups is 1. The van der Waals surface area contributed by atoms with E-state index in [1.165, 1.54) is 23.3 Å². The van der Waals surface area contributed by atoms with Crippen molar-refractivity contribution >= 4 is 17.4 Å². The van der Waals surface area contributed by atoms with Gasteiger partial charge < -0.3 is 10.2 Å². The van der Waals surface area contributed by atoms with Crippen molar-refractivity contribution in [1.29, 1.82) is 0 Å². The molecule has 0 radical (unpaired) electrons. The quantitative estimate of drug-likeness (QED) is 0.924. The number of carbonyl (C=O) groups excluding carboxylic acids is 1. The van der Waals surface area contributed by atoms with Gasteiger partial charge in [0.25, 0.3) is 0 Å². The molecule has 2 amide bonds. The summed E-state index contributed by atoms with van der Waals surface area (Å²) in [6.45, 7) is 3.34. The summed E-state index contributed by atoms with van der Waals surface area (Å²) in [5, 5.41) is 5.14. The van der Waals surface area contributed by atoms with Crippen LogP contribution < -0.4 is 5.32 Å². The van der Waals surface area contributed by atoms with Crippen molar-refractivity contribution in [2.24, 2.45) is 0 Å². The molecule has 1 aliphatic heterocycles. The smallest absolute Gasteiger partial charge is 0.318 e. The van der Waals surface area contributed by atoms with Gasteiger partial charge in [-0.1, -0.05) is 36.4 Å². The molecule has 24 heavy (non-hydrogen) atoms. The van der Waals surface area contributed by atoms with Crippen LogP contribution >= 0.6 is 11.3 Å². The summed E-state index contributed by atoms with van der Waals surface area (Å²) in [6, 6.07) is 15.5. The fourth-order valence-corrected chi connectivity index (χ4v) is 4.10. The van der Waals surface area contributed by atoms with E-state index in [4.69, 9.17) is 0 Å². The molecule has 2 heterocycles. The molecule has 1 atom stereocenters. The standard InChI is InChI=1S/C19H23N3OS/c23-19(20-13-17-7-4-12-24-17)22-11-10-21(16-8-9-16)14-18(22)15-5-2-1-3-6-15/h1-7,12,16,18H,8-11,13-14H2,(H,20,23). The van der Waals surface area contributed by atoms with Gasteiger partial charge in [-0.3, -0.25) is 4.90 Å². The Balaban J connectivity index is 1.47. The number of thiophene rings is 1. The van der Waals surface area contributed by atoms with Crippen LogP contribution in [0.4, 0.5) is 4.79 Å². The van der Waals surface area contributed by atoms with Gasteiger partial charge in [0.15, 0.2) is 0 Å². The van der Waals surface area contributed by atoms with E-state index in [1.807, 2.05) is 22.4 Å². The van der Waals surface area contributed by atoms with E-state index in [-0.39, 0.29) is 12.1 Å². The number of nitrogens with zero attached hydrogens (tertiary/aromatic N) is 2. The van der Waals surface area contributed by atoms with Crippen molar-refractivity contribution in [3.05, 3.63) is 58.3 Å². The zero-order valence-corrected chi connectivity index (χ0v) is 14.5. The molecular weight excluding hydrogens is 318 g/mol. The molecule has 0 bridgehead atoms. The first-order valence-corrected chi connectivity index (χ1v) is 9.55. The molecule has 5 heteroatoms. The first kappa shape index (κ1) is 15.7. The Morgan fingerprint density at radius 3 is 2.67 bits per heavy atom. The summed E-state index contributed by atoms with van der Waals surface area (Å²) in [5.74, 6) is 0. The minimum atomic E-state index is 0.0488. The Kier molecular flexibility index (Phi) is 4.54. The van der Waals surface area contributed by atoms with E-state index in [1.54, 1.807) is 11.3 Å². The molecule has 4 rings (SSSR count). The monoisotopic (exact) mass is 341 g/mol. The molecule has 1 aromatic carbocycles. The van der Waals surface area contributed by atoms with Gasteiger partial charge in [-0.15, -0.1) is 11.3 Å². The lowest BCUT2D eigenvalue weighted by Crippen LogP contribution is -2.53. The zero-order valence-electron chi connectivity index (χ0n) is 13.7. The summed E-state index contributed by atoms with van der Waals surface area (Å²) < 4.78 is 0. The average Bonchev–Trinajstić information content (AvgIpc) is 3.36. The van der Waals surface area contributed by atoms with E-state index < -0.39 is 0 Å². The third-order valence-electron chi connectivity index (χ3n) is 4.91. The van der Waals surface area contributed by atoms with Crippen LogP contribution in [0.1, 0.15) is 29.3 Å². The Morgan fingerprint density at radius 2 is 1.96 bits per heavy atom. The first-order valence-electron chi connectivity index (χ1n) is 8.67. The lowest BCUT2D eigenvalue weighted by molar-refractivity contribution is 0.0891. The van der Waals surface area contributed by atoms with Gasteiger partial charge >= 0.3 is 6.03 Å². The van der Waals surface area contributed by atoms with Crippen molar-refractivity contribution in [3.63, 3.8) is 0 Å². The van der Waals surface area contributed by atoms with E-state index in [9.17, 15) is 4.79 Å². The number of rotatable bonds is 4. The van der Waals surface area contributed by atoms with Crippen molar-refractivity contribution < 1.29 is 4.79 Å². The highest BCUT2D eigenvalue weighted by atomic mass is 32.1. The van der Waals surface area contributed by atoms with Crippen LogP contribution in [0.25, 0.3) is 0 Å². The molecule has 1 aromatic heterocycles. The number of nitrogens with one attached hydrogen (secondary N) is 1.